The fourth-order valence-corrected chi connectivity index (χ4v) is 2.87. The van der Waals surface area contributed by atoms with Crippen LogP contribution in [0.2, 0.25) is 0 Å². The number of rotatable bonds is 6. The number of para-hydroxylation sites is 1. The number of ether oxygens (including phenoxy) is 1. The van der Waals surface area contributed by atoms with Gasteiger partial charge in [-0.2, -0.15) is 0 Å². The van der Waals surface area contributed by atoms with Crippen molar-refractivity contribution in [1.29, 1.82) is 0 Å². The number of nitrogens with zero attached hydrogens (tertiary/aromatic N) is 1. The SMILES string of the molecule is CC(C)Oc1ccccc1CNCC1CCCN(C)C1. The van der Waals surface area contributed by atoms with Crippen molar-refractivity contribution in [1.82, 2.24) is 10.2 Å². The normalized spacial score (nSPS) is 20.3. The van der Waals surface area contributed by atoms with Gasteiger partial charge in [-0.3, -0.25) is 0 Å². The van der Waals surface area contributed by atoms with Crippen LogP contribution in [0.1, 0.15) is 32.3 Å². The van der Waals surface area contributed by atoms with Crippen LogP contribution in [0.4, 0.5) is 0 Å². The zero-order valence-electron chi connectivity index (χ0n) is 13.1. The lowest BCUT2D eigenvalue weighted by Gasteiger charge is -2.29. The highest BCUT2D eigenvalue weighted by Gasteiger charge is 2.16. The third-order valence-electron chi connectivity index (χ3n) is 3.81. The molecule has 1 unspecified atom stereocenters. The van der Waals surface area contributed by atoms with Crippen LogP contribution in [-0.2, 0) is 6.54 Å². The minimum atomic E-state index is 0.225. The van der Waals surface area contributed by atoms with Gasteiger partial charge < -0.3 is 15.0 Å². The molecule has 1 N–H and O–H groups in total. The van der Waals surface area contributed by atoms with Crippen molar-refractivity contribution in [2.24, 2.45) is 5.92 Å². The van der Waals surface area contributed by atoms with Gasteiger partial charge in [-0.05, 0) is 58.8 Å². The summed E-state index contributed by atoms with van der Waals surface area (Å²) in [6, 6.07) is 8.33. The van der Waals surface area contributed by atoms with Gasteiger partial charge in [0.15, 0.2) is 0 Å². The van der Waals surface area contributed by atoms with E-state index in [0.29, 0.717) is 0 Å². The van der Waals surface area contributed by atoms with E-state index in [-0.39, 0.29) is 6.10 Å². The van der Waals surface area contributed by atoms with Crippen LogP contribution in [0.3, 0.4) is 0 Å². The molecule has 2 rings (SSSR count). The fourth-order valence-electron chi connectivity index (χ4n) is 2.87. The van der Waals surface area contributed by atoms with Gasteiger partial charge in [-0.1, -0.05) is 18.2 Å². The van der Waals surface area contributed by atoms with E-state index in [0.717, 1.165) is 24.8 Å². The Kier molecular flexibility index (Phi) is 5.86. The van der Waals surface area contributed by atoms with E-state index in [4.69, 9.17) is 4.74 Å². The number of hydrogen-bond donors (Lipinski definition) is 1. The van der Waals surface area contributed by atoms with Gasteiger partial charge in [-0.15, -0.1) is 0 Å². The smallest absolute Gasteiger partial charge is 0.124 e. The molecule has 0 radical (unpaired) electrons. The largest absolute Gasteiger partial charge is 0.491 e. The summed E-state index contributed by atoms with van der Waals surface area (Å²) in [6.07, 6.45) is 2.90. The van der Waals surface area contributed by atoms with Gasteiger partial charge in [0.25, 0.3) is 0 Å². The summed E-state index contributed by atoms with van der Waals surface area (Å²) < 4.78 is 5.86. The summed E-state index contributed by atoms with van der Waals surface area (Å²) in [5.74, 6) is 1.79. The molecule has 0 aromatic heterocycles. The van der Waals surface area contributed by atoms with Crippen LogP contribution in [0.25, 0.3) is 0 Å². The summed E-state index contributed by atoms with van der Waals surface area (Å²) in [5.41, 5.74) is 1.25. The summed E-state index contributed by atoms with van der Waals surface area (Å²) >= 11 is 0. The molecular weight excluding hydrogens is 248 g/mol. The highest BCUT2D eigenvalue weighted by Crippen LogP contribution is 2.19. The second kappa shape index (κ2) is 7.65. The van der Waals surface area contributed by atoms with E-state index in [1.807, 2.05) is 6.07 Å². The topological polar surface area (TPSA) is 24.5 Å². The lowest BCUT2D eigenvalue weighted by atomic mass is 9.98. The quantitative estimate of drug-likeness (QED) is 0.864. The lowest BCUT2D eigenvalue weighted by Crippen LogP contribution is -2.37. The first-order valence-corrected chi connectivity index (χ1v) is 7.79. The van der Waals surface area contributed by atoms with Gasteiger partial charge in [0, 0.05) is 18.7 Å². The van der Waals surface area contributed by atoms with Crippen molar-refractivity contribution in [2.45, 2.75) is 39.3 Å². The Morgan fingerprint density at radius 3 is 2.90 bits per heavy atom. The van der Waals surface area contributed by atoms with Crippen LogP contribution in [0, 0.1) is 5.92 Å². The maximum Gasteiger partial charge on any atom is 0.124 e. The van der Waals surface area contributed by atoms with Gasteiger partial charge in [-0.25, -0.2) is 0 Å². The number of benzene rings is 1. The first kappa shape index (κ1) is 15.3. The van der Waals surface area contributed by atoms with E-state index >= 15 is 0 Å². The molecule has 1 saturated heterocycles. The van der Waals surface area contributed by atoms with Gasteiger partial charge >= 0.3 is 0 Å². The van der Waals surface area contributed by atoms with Crippen LogP contribution in [-0.4, -0.2) is 37.7 Å². The lowest BCUT2D eigenvalue weighted by molar-refractivity contribution is 0.205. The zero-order chi connectivity index (χ0) is 14.4. The first-order valence-electron chi connectivity index (χ1n) is 7.79. The fraction of sp³-hybridized carbons (Fsp3) is 0.647. The molecule has 0 aliphatic carbocycles. The maximum atomic E-state index is 5.86. The summed E-state index contributed by atoms with van der Waals surface area (Å²) in [7, 11) is 2.22. The second-order valence-corrected chi connectivity index (χ2v) is 6.18. The molecule has 1 fully saturated rings. The highest BCUT2D eigenvalue weighted by molar-refractivity contribution is 5.33. The molecule has 3 heteroatoms. The Balaban J connectivity index is 1.81. The standard InChI is InChI=1S/C17H28N2O/c1-14(2)20-17-9-5-4-8-16(17)12-18-11-15-7-6-10-19(3)13-15/h4-5,8-9,14-15,18H,6-7,10-13H2,1-3H3. The summed E-state index contributed by atoms with van der Waals surface area (Å²) in [6.45, 7) is 8.60. The molecule has 0 saturated carbocycles. The first-order chi connectivity index (χ1) is 9.65. The molecule has 0 amide bonds. The molecule has 0 bridgehead atoms. The Bertz CT molecular complexity index is 406. The molecule has 1 aliphatic heterocycles. The van der Waals surface area contributed by atoms with Gasteiger partial charge in [0.1, 0.15) is 5.75 Å². The Morgan fingerprint density at radius 2 is 2.15 bits per heavy atom. The average molecular weight is 276 g/mol. The molecular formula is C17H28N2O. The maximum absolute atomic E-state index is 5.86. The number of likely N-dealkylation sites (tertiary alicyclic amines) is 1. The molecule has 1 atom stereocenters. The predicted molar refractivity (Wildman–Crippen MR) is 84.1 cm³/mol. The molecule has 1 aromatic carbocycles. The van der Waals surface area contributed by atoms with Crippen LogP contribution in [0.5, 0.6) is 5.75 Å². The number of hydrogen-bond acceptors (Lipinski definition) is 3. The molecule has 1 aliphatic rings. The van der Waals surface area contributed by atoms with Crippen molar-refractivity contribution in [3.63, 3.8) is 0 Å². The second-order valence-electron chi connectivity index (χ2n) is 6.18. The van der Waals surface area contributed by atoms with Crippen molar-refractivity contribution in [3.05, 3.63) is 29.8 Å². The van der Waals surface area contributed by atoms with Gasteiger partial charge in [0.05, 0.1) is 6.10 Å². The van der Waals surface area contributed by atoms with Crippen LogP contribution in [0.15, 0.2) is 24.3 Å². The third-order valence-corrected chi connectivity index (χ3v) is 3.81. The van der Waals surface area contributed by atoms with Crippen molar-refractivity contribution >= 4 is 0 Å². The monoisotopic (exact) mass is 276 g/mol. The van der Waals surface area contributed by atoms with Crippen molar-refractivity contribution in [3.8, 4) is 5.75 Å². The number of piperidine rings is 1. The van der Waals surface area contributed by atoms with Crippen molar-refractivity contribution in [2.75, 3.05) is 26.7 Å². The Morgan fingerprint density at radius 1 is 1.35 bits per heavy atom. The van der Waals surface area contributed by atoms with E-state index in [2.05, 4.69) is 49.3 Å². The third kappa shape index (κ3) is 4.80. The van der Waals surface area contributed by atoms with E-state index in [1.54, 1.807) is 0 Å². The molecule has 3 nitrogen and oxygen atoms in total. The van der Waals surface area contributed by atoms with E-state index < -0.39 is 0 Å². The van der Waals surface area contributed by atoms with Gasteiger partial charge in [0.2, 0.25) is 0 Å². The minimum Gasteiger partial charge on any atom is -0.491 e. The summed E-state index contributed by atoms with van der Waals surface area (Å²) in [5, 5.41) is 3.60. The zero-order valence-corrected chi connectivity index (χ0v) is 13.1. The molecule has 20 heavy (non-hydrogen) atoms. The molecule has 1 aromatic rings. The molecule has 112 valence electrons. The average Bonchev–Trinajstić information content (AvgIpc) is 2.40. The van der Waals surface area contributed by atoms with Crippen molar-refractivity contribution < 1.29 is 4.74 Å². The highest BCUT2D eigenvalue weighted by atomic mass is 16.5. The number of nitrogens with one attached hydrogen (secondary N) is 1. The Hall–Kier alpha value is -1.06. The molecule has 0 spiro atoms. The minimum absolute atomic E-state index is 0.225. The van der Waals surface area contributed by atoms with Crippen LogP contribution >= 0.6 is 0 Å². The Labute approximate surface area is 123 Å². The van der Waals surface area contributed by atoms with Crippen LogP contribution < -0.4 is 10.1 Å². The van der Waals surface area contributed by atoms with E-state index in [1.165, 1.54) is 31.5 Å². The molecule has 1 heterocycles. The predicted octanol–water partition coefficient (Wildman–Crippen LogP) is 2.91. The van der Waals surface area contributed by atoms with E-state index in [9.17, 15) is 0 Å². The summed E-state index contributed by atoms with van der Waals surface area (Å²) in [4.78, 5) is 2.44.